The van der Waals surface area contributed by atoms with Crippen molar-refractivity contribution in [3.8, 4) is 11.4 Å². The summed E-state index contributed by atoms with van der Waals surface area (Å²) in [5.41, 5.74) is 0.382. The number of para-hydroxylation sites is 1. The van der Waals surface area contributed by atoms with E-state index in [-0.39, 0.29) is 5.75 Å². The quantitative estimate of drug-likeness (QED) is 0.594. The molecular formula is C19H16F3N5O3. The number of benzene rings is 2. The summed E-state index contributed by atoms with van der Waals surface area (Å²) in [6, 6.07) is 12.9. The highest BCUT2D eigenvalue weighted by atomic mass is 19.4. The third-order valence-corrected chi connectivity index (χ3v) is 3.96. The highest BCUT2D eigenvalue weighted by Crippen LogP contribution is 2.24. The van der Waals surface area contributed by atoms with Gasteiger partial charge in [0.2, 0.25) is 5.91 Å². The fraction of sp³-hybridized carbons (Fsp3) is 0.158. The molecule has 8 nitrogen and oxygen atoms in total. The molecule has 1 N–H and O–H groups in total. The number of carbonyl (C=O) groups excluding carboxylic acids is 1. The molecule has 0 bridgehead atoms. The lowest BCUT2D eigenvalue weighted by molar-refractivity contribution is -0.274. The smallest absolute Gasteiger partial charge is 0.406 e. The molecule has 0 radical (unpaired) electrons. The Hall–Kier alpha value is -3.89. The van der Waals surface area contributed by atoms with Crippen LogP contribution in [0.15, 0.2) is 72.0 Å². The molecule has 0 aliphatic heterocycles. The van der Waals surface area contributed by atoms with Gasteiger partial charge in [0.1, 0.15) is 12.3 Å². The van der Waals surface area contributed by atoms with Crippen LogP contribution in [0.4, 0.5) is 13.2 Å². The molecule has 11 heteroatoms. The molecule has 0 aliphatic carbocycles. The molecule has 2 aromatic carbocycles. The number of carbonyl (C=O) groups is 1. The SMILES string of the molecule is C=C[C@H](NC(=O)Cn1nnn(-c2ccccc2)c1=O)c1ccc(OC(F)(F)F)cc1. The van der Waals surface area contributed by atoms with Crippen molar-refractivity contribution in [2.75, 3.05) is 0 Å². The lowest BCUT2D eigenvalue weighted by Crippen LogP contribution is -2.35. The maximum absolute atomic E-state index is 12.4. The summed E-state index contributed by atoms with van der Waals surface area (Å²) in [7, 11) is 0. The molecular weight excluding hydrogens is 403 g/mol. The second-order valence-corrected chi connectivity index (χ2v) is 6.06. The number of ether oxygens (including phenoxy) is 1. The minimum Gasteiger partial charge on any atom is -0.406 e. The molecule has 1 aromatic heterocycles. The first-order valence-corrected chi connectivity index (χ1v) is 8.63. The van der Waals surface area contributed by atoms with Crippen LogP contribution < -0.4 is 15.7 Å². The van der Waals surface area contributed by atoms with Crippen LogP contribution in [0, 0.1) is 0 Å². The molecule has 156 valence electrons. The van der Waals surface area contributed by atoms with E-state index in [1.807, 2.05) is 0 Å². The first kappa shape index (κ1) is 20.8. The summed E-state index contributed by atoms with van der Waals surface area (Å²) >= 11 is 0. The van der Waals surface area contributed by atoms with Crippen molar-refractivity contribution in [3.05, 3.63) is 83.3 Å². The summed E-state index contributed by atoms with van der Waals surface area (Å²) in [4.78, 5) is 24.7. The van der Waals surface area contributed by atoms with Crippen LogP contribution in [0.1, 0.15) is 11.6 Å². The molecule has 1 heterocycles. The second kappa shape index (κ2) is 8.64. The van der Waals surface area contributed by atoms with Crippen LogP contribution in [-0.4, -0.2) is 32.1 Å². The highest BCUT2D eigenvalue weighted by molar-refractivity contribution is 5.76. The maximum atomic E-state index is 12.4. The van der Waals surface area contributed by atoms with E-state index in [2.05, 4.69) is 27.1 Å². The van der Waals surface area contributed by atoms with Crippen molar-refractivity contribution >= 4 is 5.91 Å². The van der Waals surface area contributed by atoms with Crippen LogP contribution >= 0.6 is 0 Å². The van der Waals surface area contributed by atoms with E-state index in [1.54, 1.807) is 30.3 Å². The van der Waals surface area contributed by atoms with Crippen molar-refractivity contribution in [1.82, 2.24) is 25.1 Å². The van der Waals surface area contributed by atoms with Gasteiger partial charge in [-0.25, -0.2) is 4.79 Å². The number of tetrazole rings is 1. The number of rotatable bonds is 7. The van der Waals surface area contributed by atoms with Gasteiger partial charge >= 0.3 is 12.1 Å². The summed E-state index contributed by atoms with van der Waals surface area (Å²) in [5.74, 6) is -0.942. The lowest BCUT2D eigenvalue weighted by atomic mass is 10.1. The summed E-state index contributed by atoms with van der Waals surface area (Å²) in [6.45, 7) is 3.22. The monoisotopic (exact) mass is 419 g/mol. The van der Waals surface area contributed by atoms with Gasteiger partial charge < -0.3 is 10.1 Å². The Morgan fingerprint density at radius 2 is 1.80 bits per heavy atom. The molecule has 0 spiro atoms. The van der Waals surface area contributed by atoms with Gasteiger partial charge in [0.15, 0.2) is 0 Å². The zero-order chi connectivity index (χ0) is 21.7. The van der Waals surface area contributed by atoms with E-state index in [0.717, 1.165) is 21.5 Å². The fourth-order valence-electron chi connectivity index (χ4n) is 2.61. The largest absolute Gasteiger partial charge is 0.573 e. The van der Waals surface area contributed by atoms with Gasteiger partial charge in [-0.15, -0.1) is 19.8 Å². The predicted octanol–water partition coefficient (Wildman–Crippen LogP) is 2.37. The van der Waals surface area contributed by atoms with E-state index >= 15 is 0 Å². The summed E-state index contributed by atoms with van der Waals surface area (Å²) in [5, 5.41) is 10.1. The van der Waals surface area contributed by atoms with Crippen molar-refractivity contribution in [1.29, 1.82) is 0 Å². The zero-order valence-electron chi connectivity index (χ0n) is 15.4. The molecule has 0 fully saturated rings. The Morgan fingerprint density at radius 1 is 1.13 bits per heavy atom. The Balaban J connectivity index is 1.67. The molecule has 0 saturated heterocycles. The van der Waals surface area contributed by atoms with Gasteiger partial charge in [0, 0.05) is 0 Å². The number of hydrogen-bond acceptors (Lipinski definition) is 5. The van der Waals surface area contributed by atoms with Crippen molar-refractivity contribution in [2.45, 2.75) is 18.9 Å². The van der Waals surface area contributed by atoms with E-state index < -0.39 is 30.5 Å². The van der Waals surface area contributed by atoms with Crippen molar-refractivity contribution < 1.29 is 22.7 Å². The third-order valence-electron chi connectivity index (χ3n) is 3.96. The molecule has 0 unspecified atom stereocenters. The molecule has 1 amide bonds. The number of nitrogens with one attached hydrogen (secondary N) is 1. The number of nitrogens with zero attached hydrogens (tertiary/aromatic N) is 4. The van der Waals surface area contributed by atoms with Crippen LogP contribution in [0.3, 0.4) is 0 Å². The molecule has 30 heavy (non-hydrogen) atoms. The third kappa shape index (κ3) is 5.13. The molecule has 3 rings (SSSR count). The standard InChI is InChI=1S/C19H16F3N5O3/c1-2-16(13-8-10-15(11-9-13)30-19(20,21)22)23-17(28)12-26-18(29)27(25-24-26)14-6-4-3-5-7-14/h2-11,16H,1,12H2,(H,23,28)/t16-/m0/s1. The zero-order valence-corrected chi connectivity index (χ0v) is 15.4. The summed E-state index contributed by atoms with van der Waals surface area (Å²) in [6.07, 6.45) is -3.39. The number of hydrogen-bond donors (Lipinski definition) is 1. The topological polar surface area (TPSA) is 91.0 Å². The van der Waals surface area contributed by atoms with Crippen LogP contribution in [0.5, 0.6) is 5.75 Å². The minimum atomic E-state index is -4.79. The normalized spacial score (nSPS) is 12.2. The first-order valence-electron chi connectivity index (χ1n) is 8.63. The van der Waals surface area contributed by atoms with Gasteiger partial charge in [0.05, 0.1) is 11.7 Å². The average molecular weight is 419 g/mol. The van der Waals surface area contributed by atoms with E-state index in [0.29, 0.717) is 11.3 Å². The Bertz CT molecular complexity index is 1080. The minimum absolute atomic E-state index is 0.385. The van der Waals surface area contributed by atoms with Gasteiger partial charge in [0.25, 0.3) is 0 Å². The van der Waals surface area contributed by atoms with Crippen molar-refractivity contribution in [2.24, 2.45) is 0 Å². The van der Waals surface area contributed by atoms with Gasteiger partial charge in [-0.05, 0) is 40.3 Å². The Labute approximate surface area is 168 Å². The lowest BCUT2D eigenvalue weighted by Gasteiger charge is -2.16. The van der Waals surface area contributed by atoms with E-state index in [1.165, 1.54) is 18.2 Å². The van der Waals surface area contributed by atoms with Gasteiger partial charge in [-0.2, -0.15) is 9.36 Å². The number of aromatic nitrogens is 4. The Kier molecular flexibility index (Phi) is 6.00. The maximum Gasteiger partial charge on any atom is 0.573 e. The van der Waals surface area contributed by atoms with E-state index in [4.69, 9.17) is 0 Å². The molecule has 0 saturated carbocycles. The first-order chi connectivity index (χ1) is 14.3. The van der Waals surface area contributed by atoms with Crippen LogP contribution in [0.25, 0.3) is 5.69 Å². The van der Waals surface area contributed by atoms with Crippen molar-refractivity contribution in [3.63, 3.8) is 0 Å². The number of amides is 1. The Morgan fingerprint density at radius 3 is 2.40 bits per heavy atom. The van der Waals surface area contributed by atoms with Gasteiger partial charge in [-0.1, -0.05) is 36.4 Å². The second-order valence-electron chi connectivity index (χ2n) is 6.06. The van der Waals surface area contributed by atoms with Crippen LogP contribution in [-0.2, 0) is 11.3 Å². The number of halogens is 3. The van der Waals surface area contributed by atoms with E-state index in [9.17, 15) is 22.8 Å². The highest BCUT2D eigenvalue weighted by Gasteiger charge is 2.31. The average Bonchev–Trinajstić information content (AvgIpc) is 3.06. The fourth-order valence-corrected chi connectivity index (χ4v) is 2.61. The van der Waals surface area contributed by atoms with Crippen LogP contribution in [0.2, 0.25) is 0 Å². The molecule has 1 atom stereocenters. The molecule has 0 aliphatic rings. The van der Waals surface area contributed by atoms with Gasteiger partial charge in [-0.3, -0.25) is 4.79 Å². The predicted molar refractivity (Wildman–Crippen MR) is 99.8 cm³/mol. The molecule has 3 aromatic rings. The summed E-state index contributed by atoms with van der Waals surface area (Å²) < 4.78 is 42.5. The number of alkyl halides is 3.